The lowest BCUT2D eigenvalue weighted by Gasteiger charge is -2.12. The maximum atomic E-state index is 6.99. The molecular formula is C45H25N3O2. The number of hydrogen-bond acceptors (Lipinski definition) is 5. The van der Waals surface area contributed by atoms with E-state index < -0.39 is 0 Å². The molecule has 0 fully saturated rings. The highest BCUT2D eigenvalue weighted by Gasteiger charge is 2.23. The standard InChI is InChI=1S/C45H25N3O2/c1-2-13-28(14-3-1)43-46-44(34-18-10-20-37-39(34)32-17-8-9-19-36(32)49-37)48-45(47-43)35-25-29-22-21-26-11-4-6-15-30(26)38(29)42-40(35)33-24-23-27-12-5-7-16-31(27)41(33)50-42/h1-25H. The molecule has 0 radical (unpaired) electrons. The Morgan fingerprint density at radius 1 is 0.340 bits per heavy atom. The summed E-state index contributed by atoms with van der Waals surface area (Å²) in [5.74, 6) is 1.76. The van der Waals surface area contributed by atoms with Crippen LogP contribution in [0.2, 0.25) is 0 Å². The molecule has 0 N–H and O–H groups in total. The third-order valence-electron chi connectivity index (χ3n) is 9.89. The first-order valence-electron chi connectivity index (χ1n) is 16.7. The number of hydrogen-bond donors (Lipinski definition) is 0. The van der Waals surface area contributed by atoms with Crippen molar-refractivity contribution in [3.8, 4) is 34.2 Å². The van der Waals surface area contributed by atoms with E-state index in [1.807, 2.05) is 60.7 Å². The second-order valence-corrected chi connectivity index (χ2v) is 12.7. The van der Waals surface area contributed by atoms with Gasteiger partial charge in [-0.15, -0.1) is 0 Å². The Morgan fingerprint density at radius 3 is 1.84 bits per heavy atom. The van der Waals surface area contributed by atoms with Crippen molar-refractivity contribution in [3.63, 3.8) is 0 Å². The summed E-state index contributed by atoms with van der Waals surface area (Å²) < 4.78 is 13.3. The molecule has 5 heteroatoms. The molecule has 50 heavy (non-hydrogen) atoms. The number of nitrogens with zero attached hydrogens (tertiary/aromatic N) is 3. The van der Waals surface area contributed by atoms with Gasteiger partial charge in [0.2, 0.25) is 0 Å². The normalized spacial score (nSPS) is 12.0. The van der Waals surface area contributed by atoms with Gasteiger partial charge in [-0.05, 0) is 45.8 Å². The number of benzene rings is 8. The van der Waals surface area contributed by atoms with Crippen LogP contribution in [0.5, 0.6) is 0 Å². The molecule has 0 aliphatic carbocycles. The summed E-state index contributed by atoms with van der Waals surface area (Å²) in [5.41, 5.74) is 5.99. The van der Waals surface area contributed by atoms with Gasteiger partial charge in [-0.2, -0.15) is 0 Å². The molecule has 0 spiro atoms. The molecule has 3 aromatic heterocycles. The monoisotopic (exact) mass is 639 g/mol. The predicted molar refractivity (Wildman–Crippen MR) is 203 cm³/mol. The van der Waals surface area contributed by atoms with Crippen LogP contribution in [0, 0.1) is 0 Å². The lowest BCUT2D eigenvalue weighted by atomic mass is 9.95. The van der Waals surface area contributed by atoms with Gasteiger partial charge >= 0.3 is 0 Å². The quantitative estimate of drug-likeness (QED) is 0.180. The van der Waals surface area contributed by atoms with Gasteiger partial charge in [0.05, 0.1) is 0 Å². The summed E-state index contributed by atoms with van der Waals surface area (Å²) in [5, 5.41) is 10.6. The van der Waals surface area contributed by atoms with Crippen molar-refractivity contribution in [2.45, 2.75) is 0 Å². The molecule has 0 aliphatic heterocycles. The Bertz CT molecular complexity index is 3160. The van der Waals surface area contributed by atoms with Crippen molar-refractivity contribution in [2.24, 2.45) is 0 Å². The molecule has 0 atom stereocenters. The number of para-hydroxylation sites is 1. The molecule has 0 saturated carbocycles. The maximum Gasteiger partial charge on any atom is 0.164 e. The van der Waals surface area contributed by atoms with Gasteiger partial charge in [-0.1, -0.05) is 127 Å². The van der Waals surface area contributed by atoms with E-state index >= 15 is 0 Å². The minimum atomic E-state index is 0.578. The van der Waals surface area contributed by atoms with Gasteiger partial charge in [0.1, 0.15) is 22.3 Å². The molecule has 232 valence electrons. The summed E-state index contributed by atoms with van der Waals surface area (Å²) >= 11 is 0. The van der Waals surface area contributed by atoms with E-state index in [0.717, 1.165) is 92.9 Å². The molecule has 11 aromatic rings. The molecule has 0 bridgehead atoms. The molecule has 0 saturated heterocycles. The fourth-order valence-electron chi connectivity index (χ4n) is 7.63. The molecular weight excluding hydrogens is 615 g/mol. The van der Waals surface area contributed by atoms with Crippen molar-refractivity contribution >= 4 is 76.2 Å². The van der Waals surface area contributed by atoms with Crippen molar-refractivity contribution in [1.29, 1.82) is 0 Å². The maximum absolute atomic E-state index is 6.99. The average molecular weight is 640 g/mol. The lowest BCUT2D eigenvalue weighted by molar-refractivity contribution is 0.669. The van der Waals surface area contributed by atoms with E-state index in [9.17, 15) is 0 Å². The smallest absolute Gasteiger partial charge is 0.164 e. The van der Waals surface area contributed by atoms with E-state index in [-0.39, 0.29) is 0 Å². The highest BCUT2D eigenvalue weighted by atomic mass is 16.3. The Balaban J connectivity index is 1.29. The predicted octanol–water partition coefficient (Wildman–Crippen LogP) is 12.1. The lowest BCUT2D eigenvalue weighted by Crippen LogP contribution is -2.01. The first-order chi connectivity index (χ1) is 24.8. The SMILES string of the molecule is c1ccc(-c2nc(-c3cccc4oc5ccccc5c34)nc(-c3cc4ccc5ccccc5c4c4oc5c6ccccc6ccc5c34)n2)cc1. The van der Waals surface area contributed by atoms with Crippen LogP contribution >= 0.6 is 0 Å². The van der Waals surface area contributed by atoms with Gasteiger partial charge in [0, 0.05) is 49.0 Å². The van der Waals surface area contributed by atoms with Gasteiger partial charge in [-0.3, -0.25) is 0 Å². The van der Waals surface area contributed by atoms with Crippen molar-refractivity contribution in [2.75, 3.05) is 0 Å². The van der Waals surface area contributed by atoms with Gasteiger partial charge in [0.15, 0.2) is 17.5 Å². The molecule has 0 aliphatic rings. The third kappa shape index (κ3) is 3.92. The number of aromatic nitrogens is 3. The van der Waals surface area contributed by atoms with Crippen molar-refractivity contribution in [1.82, 2.24) is 15.0 Å². The van der Waals surface area contributed by atoms with Crippen molar-refractivity contribution in [3.05, 3.63) is 152 Å². The van der Waals surface area contributed by atoms with Crippen LogP contribution in [0.15, 0.2) is 160 Å². The number of rotatable bonds is 3. The summed E-state index contributed by atoms with van der Waals surface area (Å²) in [6, 6.07) is 52.0. The fourth-order valence-corrected chi connectivity index (χ4v) is 7.63. The first-order valence-corrected chi connectivity index (χ1v) is 16.7. The highest BCUT2D eigenvalue weighted by Crippen LogP contribution is 2.45. The topological polar surface area (TPSA) is 65.0 Å². The molecule has 3 heterocycles. The zero-order chi connectivity index (χ0) is 32.8. The molecule has 5 nitrogen and oxygen atoms in total. The van der Waals surface area contributed by atoms with Crippen LogP contribution in [0.4, 0.5) is 0 Å². The Morgan fingerprint density at radius 2 is 0.980 bits per heavy atom. The number of fused-ring (bicyclic) bond motifs is 12. The van der Waals surface area contributed by atoms with Crippen LogP contribution in [-0.2, 0) is 0 Å². The second kappa shape index (κ2) is 10.3. The summed E-state index contributed by atoms with van der Waals surface area (Å²) in [7, 11) is 0. The van der Waals surface area contributed by atoms with Gasteiger partial charge < -0.3 is 8.83 Å². The van der Waals surface area contributed by atoms with Gasteiger partial charge in [0.25, 0.3) is 0 Å². The molecule has 8 aromatic carbocycles. The highest BCUT2D eigenvalue weighted by molar-refractivity contribution is 6.29. The van der Waals surface area contributed by atoms with Crippen LogP contribution < -0.4 is 0 Å². The zero-order valence-corrected chi connectivity index (χ0v) is 26.6. The van der Waals surface area contributed by atoms with Crippen LogP contribution in [0.25, 0.3) is 110 Å². The van der Waals surface area contributed by atoms with Crippen LogP contribution in [0.1, 0.15) is 0 Å². The Labute approximate surface area is 285 Å². The third-order valence-corrected chi connectivity index (χ3v) is 9.89. The van der Waals surface area contributed by atoms with Crippen LogP contribution in [0.3, 0.4) is 0 Å². The Hall–Kier alpha value is -6.85. The van der Waals surface area contributed by atoms with Crippen molar-refractivity contribution < 1.29 is 8.83 Å². The summed E-state index contributed by atoms with van der Waals surface area (Å²) in [6.45, 7) is 0. The minimum absolute atomic E-state index is 0.578. The Kier molecular flexibility index (Phi) is 5.60. The van der Waals surface area contributed by atoms with E-state index in [1.165, 1.54) is 0 Å². The second-order valence-electron chi connectivity index (χ2n) is 12.7. The van der Waals surface area contributed by atoms with E-state index in [4.69, 9.17) is 23.8 Å². The van der Waals surface area contributed by atoms with E-state index in [0.29, 0.717) is 17.5 Å². The average Bonchev–Trinajstić information content (AvgIpc) is 3.77. The van der Waals surface area contributed by atoms with Crippen LogP contribution in [-0.4, -0.2) is 15.0 Å². The molecule has 0 unspecified atom stereocenters. The number of furan rings is 2. The summed E-state index contributed by atoms with van der Waals surface area (Å²) in [6.07, 6.45) is 0. The first kappa shape index (κ1) is 27.1. The molecule has 11 rings (SSSR count). The van der Waals surface area contributed by atoms with Gasteiger partial charge in [-0.25, -0.2) is 15.0 Å². The fraction of sp³-hybridized carbons (Fsp3) is 0. The minimum Gasteiger partial charge on any atom is -0.456 e. The zero-order valence-electron chi connectivity index (χ0n) is 26.6. The molecule has 0 amide bonds. The van der Waals surface area contributed by atoms with E-state index in [1.54, 1.807) is 0 Å². The van der Waals surface area contributed by atoms with E-state index in [2.05, 4.69) is 91.0 Å². The summed E-state index contributed by atoms with van der Waals surface area (Å²) in [4.78, 5) is 15.6. The largest absolute Gasteiger partial charge is 0.456 e.